The summed E-state index contributed by atoms with van der Waals surface area (Å²) in [6, 6.07) is 5.75. The molecule has 0 aromatic carbocycles. The third-order valence-electron chi connectivity index (χ3n) is 2.98. The highest BCUT2D eigenvalue weighted by molar-refractivity contribution is 6.00. The van der Waals surface area contributed by atoms with Crippen LogP contribution in [0.1, 0.15) is 0 Å². The van der Waals surface area contributed by atoms with Crippen molar-refractivity contribution in [2.24, 2.45) is 0 Å². The van der Waals surface area contributed by atoms with E-state index in [9.17, 15) is 0 Å². The molecule has 4 nitrogen and oxygen atoms in total. The SMILES string of the molecule is c1cnc2coc(-c3occ4ccncc34)c2c1. The fourth-order valence-electron chi connectivity index (χ4n) is 2.12. The summed E-state index contributed by atoms with van der Waals surface area (Å²) in [5, 5.41) is 2.89. The van der Waals surface area contributed by atoms with Crippen molar-refractivity contribution in [2.45, 2.75) is 0 Å². The summed E-state index contributed by atoms with van der Waals surface area (Å²) in [7, 11) is 0. The molecular formula is C14H8N2O2. The van der Waals surface area contributed by atoms with Gasteiger partial charge in [-0.25, -0.2) is 0 Å². The lowest BCUT2D eigenvalue weighted by Gasteiger charge is -1.94. The Morgan fingerprint density at radius 2 is 1.78 bits per heavy atom. The highest BCUT2D eigenvalue weighted by Crippen LogP contribution is 2.35. The molecule has 0 aliphatic heterocycles. The van der Waals surface area contributed by atoms with Crippen molar-refractivity contribution in [3.63, 3.8) is 0 Å². The molecule has 0 fully saturated rings. The maximum atomic E-state index is 5.61. The van der Waals surface area contributed by atoms with E-state index in [-0.39, 0.29) is 0 Å². The standard InChI is InChI=1S/C14H8N2O2/c1-2-10-12(16-4-1)8-18-13(10)14-11-6-15-5-3-9(11)7-17-14/h1-8H. The number of furan rings is 2. The Hall–Kier alpha value is -2.62. The van der Waals surface area contributed by atoms with E-state index in [1.165, 1.54) is 0 Å². The number of nitrogens with zero attached hydrogens (tertiary/aromatic N) is 2. The van der Waals surface area contributed by atoms with Gasteiger partial charge in [0.2, 0.25) is 0 Å². The number of rotatable bonds is 1. The Balaban J connectivity index is 2.08. The molecule has 0 aliphatic rings. The van der Waals surface area contributed by atoms with Crippen molar-refractivity contribution in [3.05, 3.63) is 49.3 Å². The Kier molecular flexibility index (Phi) is 1.80. The molecule has 0 bridgehead atoms. The molecule has 18 heavy (non-hydrogen) atoms. The lowest BCUT2D eigenvalue weighted by Crippen LogP contribution is -1.75. The molecule has 4 rings (SSSR count). The van der Waals surface area contributed by atoms with Crippen molar-refractivity contribution in [1.29, 1.82) is 0 Å². The van der Waals surface area contributed by atoms with Crippen LogP contribution in [-0.4, -0.2) is 9.97 Å². The van der Waals surface area contributed by atoms with Crippen LogP contribution >= 0.6 is 0 Å². The van der Waals surface area contributed by atoms with Crippen LogP contribution in [-0.2, 0) is 0 Å². The summed E-state index contributed by atoms with van der Waals surface area (Å²) in [5.41, 5.74) is 0.820. The molecular weight excluding hydrogens is 228 g/mol. The van der Waals surface area contributed by atoms with Crippen molar-refractivity contribution < 1.29 is 8.83 Å². The van der Waals surface area contributed by atoms with E-state index in [0.29, 0.717) is 11.5 Å². The molecule has 0 unspecified atom stereocenters. The first kappa shape index (κ1) is 9.41. The zero-order valence-corrected chi connectivity index (χ0v) is 9.33. The van der Waals surface area contributed by atoms with Crippen LogP contribution in [0.4, 0.5) is 0 Å². The second-order valence-electron chi connectivity index (χ2n) is 4.03. The zero-order valence-electron chi connectivity index (χ0n) is 9.33. The number of pyridine rings is 2. The zero-order chi connectivity index (χ0) is 11.9. The molecule has 4 heteroatoms. The Morgan fingerprint density at radius 1 is 0.889 bits per heavy atom. The van der Waals surface area contributed by atoms with Crippen molar-refractivity contribution in [3.8, 4) is 11.5 Å². The van der Waals surface area contributed by atoms with Gasteiger partial charge in [-0.1, -0.05) is 0 Å². The first-order chi connectivity index (χ1) is 8.93. The van der Waals surface area contributed by atoms with Crippen LogP contribution in [0.15, 0.2) is 58.2 Å². The van der Waals surface area contributed by atoms with Gasteiger partial charge in [-0.3, -0.25) is 9.97 Å². The van der Waals surface area contributed by atoms with Crippen LogP contribution in [0.2, 0.25) is 0 Å². The normalized spacial score (nSPS) is 11.3. The van der Waals surface area contributed by atoms with Crippen LogP contribution in [0, 0.1) is 0 Å². The first-order valence-corrected chi connectivity index (χ1v) is 5.57. The summed E-state index contributed by atoms with van der Waals surface area (Å²) in [6.07, 6.45) is 8.60. The van der Waals surface area contributed by atoms with E-state index >= 15 is 0 Å². The minimum Gasteiger partial charge on any atom is -0.460 e. The third kappa shape index (κ3) is 1.20. The summed E-state index contributed by atoms with van der Waals surface area (Å²) in [6.45, 7) is 0. The molecule has 86 valence electrons. The maximum absolute atomic E-state index is 5.61. The number of fused-ring (bicyclic) bond motifs is 2. The fourth-order valence-corrected chi connectivity index (χ4v) is 2.12. The van der Waals surface area contributed by atoms with E-state index in [4.69, 9.17) is 8.83 Å². The summed E-state index contributed by atoms with van der Waals surface area (Å²) >= 11 is 0. The minimum absolute atomic E-state index is 0.695. The average Bonchev–Trinajstić information content (AvgIpc) is 3.01. The monoisotopic (exact) mass is 236 g/mol. The maximum Gasteiger partial charge on any atom is 0.179 e. The number of aromatic nitrogens is 2. The molecule has 0 atom stereocenters. The van der Waals surface area contributed by atoms with Gasteiger partial charge in [0.1, 0.15) is 11.8 Å². The van der Waals surface area contributed by atoms with Crippen LogP contribution < -0.4 is 0 Å². The smallest absolute Gasteiger partial charge is 0.179 e. The van der Waals surface area contributed by atoms with Crippen LogP contribution in [0.25, 0.3) is 33.2 Å². The van der Waals surface area contributed by atoms with Gasteiger partial charge in [0, 0.05) is 29.4 Å². The van der Waals surface area contributed by atoms with Crippen molar-refractivity contribution >= 4 is 21.7 Å². The van der Waals surface area contributed by atoms with E-state index in [0.717, 1.165) is 21.7 Å². The van der Waals surface area contributed by atoms with Gasteiger partial charge in [0.25, 0.3) is 0 Å². The molecule has 0 amide bonds. The molecule has 0 N–H and O–H groups in total. The fraction of sp³-hybridized carbons (Fsp3) is 0. The summed E-state index contributed by atoms with van der Waals surface area (Å²) in [4.78, 5) is 8.36. The summed E-state index contributed by atoms with van der Waals surface area (Å²) < 4.78 is 11.2. The van der Waals surface area contributed by atoms with Crippen LogP contribution in [0.3, 0.4) is 0 Å². The van der Waals surface area contributed by atoms with Gasteiger partial charge in [-0.2, -0.15) is 0 Å². The minimum atomic E-state index is 0.695. The van der Waals surface area contributed by atoms with Gasteiger partial charge in [0.05, 0.1) is 11.6 Å². The number of hydrogen-bond acceptors (Lipinski definition) is 4. The Labute approximate surface area is 102 Å². The predicted molar refractivity (Wildman–Crippen MR) is 67.0 cm³/mol. The third-order valence-corrected chi connectivity index (χ3v) is 2.98. The van der Waals surface area contributed by atoms with Crippen LogP contribution in [0.5, 0.6) is 0 Å². The Morgan fingerprint density at radius 3 is 2.78 bits per heavy atom. The van der Waals surface area contributed by atoms with Crippen molar-refractivity contribution in [2.75, 3.05) is 0 Å². The largest absolute Gasteiger partial charge is 0.460 e. The Bertz CT molecular complexity index is 773. The van der Waals surface area contributed by atoms with Gasteiger partial charge >= 0.3 is 0 Å². The second kappa shape index (κ2) is 3.43. The molecule has 0 aliphatic carbocycles. The van der Waals surface area contributed by atoms with E-state index in [1.807, 2.05) is 18.2 Å². The highest BCUT2D eigenvalue weighted by Gasteiger charge is 2.15. The topological polar surface area (TPSA) is 52.1 Å². The van der Waals surface area contributed by atoms with E-state index in [1.54, 1.807) is 31.1 Å². The van der Waals surface area contributed by atoms with Gasteiger partial charge in [0.15, 0.2) is 11.5 Å². The molecule has 0 spiro atoms. The number of hydrogen-bond donors (Lipinski definition) is 0. The summed E-state index contributed by atoms with van der Waals surface area (Å²) in [5.74, 6) is 1.39. The van der Waals surface area contributed by atoms with Gasteiger partial charge in [-0.05, 0) is 18.2 Å². The molecule has 0 saturated heterocycles. The second-order valence-corrected chi connectivity index (χ2v) is 4.03. The lowest BCUT2D eigenvalue weighted by atomic mass is 10.1. The molecule has 4 aromatic rings. The molecule has 4 aromatic heterocycles. The highest BCUT2D eigenvalue weighted by atomic mass is 16.4. The van der Waals surface area contributed by atoms with Crippen molar-refractivity contribution in [1.82, 2.24) is 9.97 Å². The lowest BCUT2D eigenvalue weighted by molar-refractivity contribution is 0.530. The molecule has 4 heterocycles. The van der Waals surface area contributed by atoms with Gasteiger partial charge < -0.3 is 8.83 Å². The average molecular weight is 236 g/mol. The molecule has 0 radical (unpaired) electrons. The quantitative estimate of drug-likeness (QED) is 0.506. The molecule has 0 saturated carbocycles. The van der Waals surface area contributed by atoms with E-state index < -0.39 is 0 Å². The van der Waals surface area contributed by atoms with Gasteiger partial charge in [-0.15, -0.1) is 0 Å². The first-order valence-electron chi connectivity index (χ1n) is 5.57. The predicted octanol–water partition coefficient (Wildman–Crippen LogP) is 3.64. The van der Waals surface area contributed by atoms with E-state index in [2.05, 4.69) is 9.97 Å².